The molecule has 0 aromatic heterocycles. The van der Waals surface area contributed by atoms with E-state index < -0.39 is 12.2 Å². The second kappa shape index (κ2) is 15.1. The van der Waals surface area contributed by atoms with Gasteiger partial charge in [0, 0.05) is 5.41 Å². The van der Waals surface area contributed by atoms with Crippen LogP contribution in [0.5, 0.6) is 11.5 Å². The third-order valence-corrected chi connectivity index (χ3v) is 5.47. The minimum atomic E-state index is -0.695. The lowest BCUT2D eigenvalue weighted by Crippen LogP contribution is -2.23. The van der Waals surface area contributed by atoms with Crippen molar-refractivity contribution in [3.63, 3.8) is 0 Å². The fraction of sp³-hybridized carbons (Fsp3) is 0.448. The first kappa shape index (κ1) is 28.3. The standard InChI is InChI=1S/C29H40O6/c1-5-7-17-32-19-25(30)21-34-27-13-9-23(10-14-27)29(3,4)24-11-15-28(16-12-24)35-22-26(31)20-33-18-8-6-2/h7-18,25-26,30-31H,5-6,19-22H2,1-4H3. The van der Waals surface area contributed by atoms with E-state index in [1.54, 1.807) is 12.5 Å². The molecule has 6 nitrogen and oxygen atoms in total. The molecule has 192 valence electrons. The zero-order valence-electron chi connectivity index (χ0n) is 21.4. The van der Waals surface area contributed by atoms with Crippen LogP contribution in [0.25, 0.3) is 0 Å². The van der Waals surface area contributed by atoms with Crippen molar-refractivity contribution in [2.24, 2.45) is 0 Å². The molecule has 2 rings (SSSR count). The van der Waals surface area contributed by atoms with Crippen LogP contribution < -0.4 is 9.47 Å². The fourth-order valence-electron chi connectivity index (χ4n) is 3.25. The summed E-state index contributed by atoms with van der Waals surface area (Å²) >= 11 is 0. The molecular weight excluding hydrogens is 444 g/mol. The summed E-state index contributed by atoms with van der Waals surface area (Å²) in [5.74, 6) is 1.40. The van der Waals surface area contributed by atoms with Gasteiger partial charge in [0.1, 0.15) is 50.1 Å². The average molecular weight is 485 g/mol. The monoisotopic (exact) mass is 484 g/mol. The van der Waals surface area contributed by atoms with E-state index >= 15 is 0 Å². The third-order valence-electron chi connectivity index (χ3n) is 5.47. The van der Waals surface area contributed by atoms with Crippen molar-refractivity contribution in [2.45, 2.75) is 58.2 Å². The fourth-order valence-corrected chi connectivity index (χ4v) is 3.25. The topological polar surface area (TPSA) is 77.4 Å². The number of hydrogen-bond donors (Lipinski definition) is 2. The molecule has 0 aliphatic heterocycles. The van der Waals surface area contributed by atoms with Crippen LogP contribution in [-0.4, -0.2) is 48.8 Å². The largest absolute Gasteiger partial charge is 0.499 e. The predicted octanol–water partition coefficient (Wildman–Crippen LogP) is 5.37. The van der Waals surface area contributed by atoms with Crippen molar-refractivity contribution < 1.29 is 29.2 Å². The van der Waals surface area contributed by atoms with Crippen LogP contribution in [0.1, 0.15) is 51.7 Å². The van der Waals surface area contributed by atoms with Gasteiger partial charge in [0.25, 0.3) is 0 Å². The Bertz CT molecular complexity index is 813. The summed E-state index contributed by atoms with van der Waals surface area (Å²) in [7, 11) is 0. The lowest BCUT2D eigenvalue weighted by atomic mass is 9.78. The minimum Gasteiger partial charge on any atom is -0.499 e. The van der Waals surface area contributed by atoms with E-state index in [9.17, 15) is 10.2 Å². The molecule has 0 bridgehead atoms. The number of rotatable bonds is 16. The molecular formula is C29H40O6. The molecule has 0 fully saturated rings. The molecule has 35 heavy (non-hydrogen) atoms. The van der Waals surface area contributed by atoms with E-state index in [0.717, 1.165) is 24.0 Å². The Labute approximate surface area is 209 Å². The lowest BCUT2D eigenvalue weighted by molar-refractivity contribution is 0.0463. The quantitative estimate of drug-likeness (QED) is 0.312. The maximum atomic E-state index is 9.97. The van der Waals surface area contributed by atoms with E-state index in [-0.39, 0.29) is 31.8 Å². The van der Waals surface area contributed by atoms with Gasteiger partial charge >= 0.3 is 0 Å². The Morgan fingerprint density at radius 2 is 1.03 bits per heavy atom. The van der Waals surface area contributed by atoms with Gasteiger partial charge in [0.15, 0.2) is 0 Å². The van der Waals surface area contributed by atoms with E-state index in [0.29, 0.717) is 11.5 Å². The summed E-state index contributed by atoms with van der Waals surface area (Å²) in [6.07, 6.45) is 7.38. The molecule has 0 aliphatic rings. The zero-order chi connectivity index (χ0) is 25.5. The Kier molecular flexibility index (Phi) is 12.2. The molecule has 0 radical (unpaired) electrons. The van der Waals surface area contributed by atoms with Gasteiger partial charge in [0.2, 0.25) is 0 Å². The van der Waals surface area contributed by atoms with Gasteiger partial charge in [-0.25, -0.2) is 0 Å². The van der Waals surface area contributed by atoms with Crippen LogP contribution in [-0.2, 0) is 14.9 Å². The van der Waals surface area contributed by atoms with E-state index in [1.807, 2.05) is 74.5 Å². The zero-order valence-corrected chi connectivity index (χ0v) is 21.4. The summed E-state index contributed by atoms with van der Waals surface area (Å²) in [5, 5.41) is 19.9. The normalized spacial score (nSPS) is 13.7. The molecule has 0 saturated heterocycles. The highest BCUT2D eigenvalue weighted by molar-refractivity contribution is 5.41. The number of hydrogen-bond acceptors (Lipinski definition) is 6. The first-order chi connectivity index (χ1) is 16.9. The molecule has 2 aromatic rings. The first-order valence-corrected chi connectivity index (χ1v) is 12.2. The molecule has 0 saturated carbocycles. The van der Waals surface area contributed by atoms with Crippen LogP contribution in [0, 0.1) is 0 Å². The van der Waals surface area contributed by atoms with Crippen LogP contribution >= 0.6 is 0 Å². The van der Waals surface area contributed by atoms with Crippen molar-refractivity contribution in [3.8, 4) is 11.5 Å². The summed E-state index contributed by atoms with van der Waals surface area (Å²) in [4.78, 5) is 0. The van der Waals surface area contributed by atoms with Crippen molar-refractivity contribution in [1.29, 1.82) is 0 Å². The van der Waals surface area contributed by atoms with Crippen molar-refractivity contribution in [1.82, 2.24) is 0 Å². The predicted molar refractivity (Wildman–Crippen MR) is 139 cm³/mol. The van der Waals surface area contributed by atoms with Gasteiger partial charge in [-0.1, -0.05) is 64.1 Å². The number of benzene rings is 2. The van der Waals surface area contributed by atoms with Crippen molar-refractivity contribution in [2.75, 3.05) is 26.4 Å². The second-order valence-electron chi connectivity index (χ2n) is 8.83. The molecule has 0 spiro atoms. The number of ether oxygens (including phenoxy) is 4. The second-order valence-corrected chi connectivity index (χ2v) is 8.83. The molecule has 2 N–H and O–H groups in total. The minimum absolute atomic E-state index is 0.167. The molecule has 2 aromatic carbocycles. The highest BCUT2D eigenvalue weighted by atomic mass is 16.5. The SMILES string of the molecule is CCC=COCC(O)COc1ccc(C(C)(C)c2ccc(OCC(O)COC=CCC)cc2)cc1. The summed E-state index contributed by atoms with van der Waals surface area (Å²) in [6, 6.07) is 15.8. The summed E-state index contributed by atoms with van der Waals surface area (Å²) in [5.41, 5.74) is 2.05. The number of allylic oxidation sites excluding steroid dienone is 2. The van der Waals surface area contributed by atoms with Crippen LogP contribution in [0.15, 0.2) is 73.2 Å². The van der Waals surface area contributed by atoms with E-state index in [1.165, 1.54) is 0 Å². The van der Waals surface area contributed by atoms with Gasteiger partial charge in [-0.15, -0.1) is 0 Å². The highest BCUT2D eigenvalue weighted by Crippen LogP contribution is 2.33. The smallest absolute Gasteiger partial charge is 0.122 e. The Morgan fingerprint density at radius 3 is 1.37 bits per heavy atom. The highest BCUT2D eigenvalue weighted by Gasteiger charge is 2.23. The Hall–Kier alpha value is -2.96. The van der Waals surface area contributed by atoms with Crippen LogP contribution in [0.4, 0.5) is 0 Å². The van der Waals surface area contributed by atoms with Gasteiger partial charge < -0.3 is 29.2 Å². The summed E-state index contributed by atoms with van der Waals surface area (Å²) < 4.78 is 21.9. The van der Waals surface area contributed by atoms with Crippen molar-refractivity contribution in [3.05, 3.63) is 84.3 Å². The Morgan fingerprint density at radius 1 is 0.657 bits per heavy atom. The molecule has 2 unspecified atom stereocenters. The van der Waals surface area contributed by atoms with E-state index in [4.69, 9.17) is 18.9 Å². The van der Waals surface area contributed by atoms with Crippen LogP contribution in [0.3, 0.4) is 0 Å². The lowest BCUT2D eigenvalue weighted by Gasteiger charge is -2.26. The van der Waals surface area contributed by atoms with Crippen LogP contribution in [0.2, 0.25) is 0 Å². The third kappa shape index (κ3) is 10.0. The number of aliphatic hydroxyl groups excluding tert-OH is 2. The molecule has 2 atom stereocenters. The molecule has 0 heterocycles. The van der Waals surface area contributed by atoms with Gasteiger partial charge in [-0.3, -0.25) is 0 Å². The molecule has 0 aliphatic carbocycles. The van der Waals surface area contributed by atoms with Gasteiger partial charge in [0.05, 0.1) is 12.5 Å². The van der Waals surface area contributed by atoms with Gasteiger partial charge in [-0.2, -0.15) is 0 Å². The molecule has 0 amide bonds. The maximum Gasteiger partial charge on any atom is 0.122 e. The maximum absolute atomic E-state index is 9.97. The van der Waals surface area contributed by atoms with E-state index in [2.05, 4.69) is 13.8 Å². The Balaban J connectivity index is 1.86. The molecule has 6 heteroatoms. The van der Waals surface area contributed by atoms with Crippen molar-refractivity contribution >= 4 is 0 Å². The average Bonchev–Trinajstić information content (AvgIpc) is 2.87. The number of aliphatic hydroxyl groups is 2. The first-order valence-electron chi connectivity index (χ1n) is 12.2. The summed E-state index contributed by atoms with van der Waals surface area (Å²) in [6.45, 7) is 9.09. The van der Waals surface area contributed by atoms with Gasteiger partial charge in [-0.05, 0) is 48.2 Å².